The van der Waals surface area contributed by atoms with E-state index in [4.69, 9.17) is 0 Å². The van der Waals surface area contributed by atoms with Crippen molar-refractivity contribution in [1.82, 2.24) is 19.9 Å². The van der Waals surface area contributed by atoms with Crippen LogP contribution in [-0.2, 0) is 0 Å². The van der Waals surface area contributed by atoms with E-state index in [0.717, 1.165) is 22.3 Å². The van der Waals surface area contributed by atoms with Gasteiger partial charge in [-0.3, -0.25) is 0 Å². The topological polar surface area (TPSA) is 86.5 Å². The largest absolute Gasteiger partial charge is 0.376 e. The van der Waals surface area contributed by atoms with Crippen molar-refractivity contribution >= 4 is 16.7 Å². The van der Waals surface area contributed by atoms with Gasteiger partial charge >= 0.3 is 5.69 Å². The third kappa shape index (κ3) is 2.33. The molecule has 96 valence electrons. The number of hydrogen-bond donors (Lipinski definition) is 3. The number of rotatable bonds is 3. The molecule has 2 heterocycles. The summed E-state index contributed by atoms with van der Waals surface area (Å²) in [5.74, 6) is 0. The number of anilines is 1. The molecule has 6 nitrogen and oxygen atoms in total. The number of nitrogens with zero attached hydrogens (tertiary/aromatic N) is 2. The average Bonchev–Trinajstić information content (AvgIpc) is 2.78. The number of H-pyrrole nitrogens is 2. The normalized spacial score (nSPS) is 12.5. The van der Waals surface area contributed by atoms with Crippen LogP contribution in [0.15, 0.2) is 41.7 Å². The Bertz CT molecular complexity index is 746. The summed E-state index contributed by atoms with van der Waals surface area (Å²) in [6.07, 6.45) is 4.94. The molecule has 1 atom stereocenters. The molecule has 0 spiro atoms. The molecule has 6 heteroatoms. The van der Waals surface area contributed by atoms with Gasteiger partial charge in [-0.15, -0.1) is 0 Å². The summed E-state index contributed by atoms with van der Waals surface area (Å²) in [4.78, 5) is 24.6. The highest BCUT2D eigenvalue weighted by atomic mass is 16.1. The molecule has 19 heavy (non-hydrogen) atoms. The Morgan fingerprint density at radius 2 is 1.89 bits per heavy atom. The Kier molecular flexibility index (Phi) is 2.75. The second kappa shape index (κ2) is 4.56. The van der Waals surface area contributed by atoms with Crippen LogP contribution < -0.4 is 11.0 Å². The van der Waals surface area contributed by atoms with E-state index in [-0.39, 0.29) is 11.7 Å². The van der Waals surface area contributed by atoms with Gasteiger partial charge in [0.05, 0.1) is 29.1 Å². The maximum atomic E-state index is 11.2. The van der Waals surface area contributed by atoms with Crippen LogP contribution in [0.2, 0.25) is 0 Å². The fourth-order valence-electron chi connectivity index (χ4n) is 2.03. The van der Waals surface area contributed by atoms with E-state index in [9.17, 15) is 4.79 Å². The quantitative estimate of drug-likeness (QED) is 0.666. The van der Waals surface area contributed by atoms with E-state index in [1.54, 1.807) is 12.4 Å². The van der Waals surface area contributed by atoms with Gasteiger partial charge in [-0.25, -0.2) is 14.8 Å². The van der Waals surface area contributed by atoms with Crippen molar-refractivity contribution in [2.24, 2.45) is 0 Å². The van der Waals surface area contributed by atoms with Gasteiger partial charge in [-0.1, -0.05) is 6.07 Å². The summed E-state index contributed by atoms with van der Waals surface area (Å²) >= 11 is 0. The summed E-state index contributed by atoms with van der Waals surface area (Å²) in [7, 11) is 0. The molecular weight excluding hydrogens is 242 g/mol. The number of benzene rings is 1. The maximum absolute atomic E-state index is 11.2. The number of nitrogens with one attached hydrogen (secondary N) is 3. The van der Waals surface area contributed by atoms with Gasteiger partial charge in [-0.2, -0.15) is 0 Å². The van der Waals surface area contributed by atoms with Crippen molar-refractivity contribution in [2.75, 3.05) is 5.32 Å². The van der Waals surface area contributed by atoms with Crippen LogP contribution in [0.4, 0.5) is 5.69 Å². The highest BCUT2D eigenvalue weighted by Gasteiger charge is 2.07. The van der Waals surface area contributed by atoms with E-state index in [2.05, 4.69) is 25.3 Å². The average molecular weight is 255 g/mol. The predicted molar refractivity (Wildman–Crippen MR) is 73.0 cm³/mol. The third-order valence-electron chi connectivity index (χ3n) is 2.98. The van der Waals surface area contributed by atoms with E-state index in [0.29, 0.717) is 0 Å². The zero-order chi connectivity index (χ0) is 13.2. The molecule has 2 aromatic heterocycles. The molecule has 0 saturated heterocycles. The lowest BCUT2D eigenvalue weighted by atomic mass is 10.1. The second-order valence-electron chi connectivity index (χ2n) is 4.38. The van der Waals surface area contributed by atoms with E-state index in [1.807, 2.05) is 25.1 Å². The molecule has 0 bridgehead atoms. The number of fused-ring (bicyclic) bond motifs is 1. The first-order valence-corrected chi connectivity index (χ1v) is 5.96. The summed E-state index contributed by atoms with van der Waals surface area (Å²) in [6.45, 7) is 2.04. The van der Waals surface area contributed by atoms with Crippen LogP contribution in [0.5, 0.6) is 0 Å². The summed E-state index contributed by atoms with van der Waals surface area (Å²) < 4.78 is 0. The molecule has 0 aliphatic carbocycles. The Morgan fingerprint density at radius 1 is 1.16 bits per heavy atom. The van der Waals surface area contributed by atoms with Gasteiger partial charge in [0.1, 0.15) is 6.33 Å². The van der Waals surface area contributed by atoms with Crippen LogP contribution in [-0.4, -0.2) is 19.9 Å². The van der Waals surface area contributed by atoms with Crippen molar-refractivity contribution < 1.29 is 0 Å². The smallest absolute Gasteiger partial charge is 0.323 e. The molecule has 0 saturated carbocycles. The zero-order valence-electron chi connectivity index (χ0n) is 10.3. The first-order valence-electron chi connectivity index (χ1n) is 5.96. The lowest BCUT2D eigenvalue weighted by molar-refractivity contribution is 0.881. The van der Waals surface area contributed by atoms with Gasteiger partial charge in [0.15, 0.2) is 0 Å². The van der Waals surface area contributed by atoms with Crippen molar-refractivity contribution in [3.63, 3.8) is 0 Å². The molecule has 3 aromatic rings. The van der Waals surface area contributed by atoms with E-state index in [1.165, 1.54) is 6.33 Å². The number of aromatic nitrogens is 4. The summed E-state index contributed by atoms with van der Waals surface area (Å²) in [5.41, 5.74) is 3.36. The first kappa shape index (κ1) is 11.5. The van der Waals surface area contributed by atoms with Crippen LogP contribution >= 0.6 is 0 Å². The highest BCUT2D eigenvalue weighted by Crippen LogP contribution is 2.20. The molecule has 0 amide bonds. The van der Waals surface area contributed by atoms with Crippen LogP contribution in [0.25, 0.3) is 11.0 Å². The number of hydrogen-bond acceptors (Lipinski definition) is 4. The Balaban J connectivity index is 1.88. The molecule has 0 fully saturated rings. The molecule has 0 aliphatic rings. The molecule has 3 rings (SSSR count). The molecular formula is C13H13N5O. The fourth-order valence-corrected chi connectivity index (χ4v) is 2.03. The molecule has 1 unspecified atom stereocenters. The molecule has 0 radical (unpaired) electrons. The lowest BCUT2D eigenvalue weighted by Gasteiger charge is -2.14. The SMILES string of the molecule is CC(Nc1cncnc1)c1ccc2[nH]c(=O)[nH]c2c1. The van der Waals surface area contributed by atoms with Crippen molar-refractivity contribution in [3.8, 4) is 0 Å². The summed E-state index contributed by atoms with van der Waals surface area (Å²) in [5, 5.41) is 3.30. The minimum absolute atomic E-state index is 0.0915. The molecule has 1 aromatic carbocycles. The molecule has 3 N–H and O–H groups in total. The maximum Gasteiger partial charge on any atom is 0.323 e. The number of imidazole rings is 1. The van der Waals surface area contributed by atoms with Gasteiger partial charge in [0, 0.05) is 6.04 Å². The van der Waals surface area contributed by atoms with Gasteiger partial charge in [0.2, 0.25) is 0 Å². The van der Waals surface area contributed by atoms with Crippen molar-refractivity contribution in [1.29, 1.82) is 0 Å². The van der Waals surface area contributed by atoms with Crippen LogP contribution in [0.3, 0.4) is 0 Å². The lowest BCUT2D eigenvalue weighted by Crippen LogP contribution is -2.06. The van der Waals surface area contributed by atoms with E-state index >= 15 is 0 Å². The zero-order valence-corrected chi connectivity index (χ0v) is 10.3. The Morgan fingerprint density at radius 3 is 2.68 bits per heavy atom. The van der Waals surface area contributed by atoms with Gasteiger partial charge in [0.25, 0.3) is 0 Å². The third-order valence-corrected chi connectivity index (χ3v) is 2.98. The molecule has 0 aliphatic heterocycles. The Hall–Kier alpha value is -2.63. The number of aromatic amines is 2. The standard InChI is InChI=1S/C13H13N5O/c1-8(16-10-5-14-7-15-6-10)9-2-3-11-12(4-9)18-13(19)17-11/h2-8,16H,1H3,(H2,17,18,19). The van der Waals surface area contributed by atoms with Crippen LogP contribution in [0.1, 0.15) is 18.5 Å². The Labute approximate surface area is 108 Å². The fraction of sp³-hybridized carbons (Fsp3) is 0.154. The monoisotopic (exact) mass is 255 g/mol. The highest BCUT2D eigenvalue weighted by molar-refractivity contribution is 5.75. The van der Waals surface area contributed by atoms with Gasteiger partial charge in [-0.05, 0) is 24.6 Å². The summed E-state index contributed by atoms with van der Waals surface area (Å²) in [6, 6.07) is 5.92. The van der Waals surface area contributed by atoms with Crippen molar-refractivity contribution in [2.45, 2.75) is 13.0 Å². The second-order valence-corrected chi connectivity index (χ2v) is 4.38. The van der Waals surface area contributed by atoms with Crippen LogP contribution in [0, 0.1) is 0 Å². The first-order chi connectivity index (χ1) is 9.22. The minimum Gasteiger partial charge on any atom is -0.376 e. The van der Waals surface area contributed by atoms with E-state index < -0.39 is 0 Å². The predicted octanol–water partition coefficient (Wildman–Crippen LogP) is 1.82. The van der Waals surface area contributed by atoms with Crippen molar-refractivity contribution in [3.05, 3.63) is 53.0 Å². The van der Waals surface area contributed by atoms with Gasteiger partial charge < -0.3 is 15.3 Å². The minimum atomic E-state index is -0.191.